The molecule has 4 nitrogen and oxygen atoms in total. The van der Waals surface area contributed by atoms with Gasteiger partial charge in [-0.05, 0) is 17.3 Å². The maximum atomic E-state index is 11.1. The number of unbranched alkanes of at least 4 members (excludes halogenated alkanes) is 5. The van der Waals surface area contributed by atoms with Gasteiger partial charge in [0.15, 0.2) is 11.5 Å². The van der Waals surface area contributed by atoms with Gasteiger partial charge in [0.2, 0.25) is 0 Å². The third-order valence-corrected chi connectivity index (χ3v) is 8.12. The lowest BCUT2D eigenvalue weighted by molar-refractivity contribution is -0.116. The van der Waals surface area contributed by atoms with Crippen molar-refractivity contribution in [3.63, 3.8) is 0 Å². The maximum Gasteiger partial charge on any atom is 0.181 e. The van der Waals surface area contributed by atoms with Crippen molar-refractivity contribution in [3.05, 3.63) is 0 Å². The molecule has 0 aromatic rings. The van der Waals surface area contributed by atoms with Gasteiger partial charge in [0, 0.05) is 23.7 Å². The molecule has 0 atom stereocenters. The summed E-state index contributed by atoms with van der Waals surface area (Å²) in [6.45, 7) is 4.09. The first-order valence-corrected chi connectivity index (χ1v) is 13.0. The second-order valence-corrected chi connectivity index (χ2v) is 10.8. The fraction of sp³-hybridized carbons (Fsp3) is 0.938. The summed E-state index contributed by atoms with van der Waals surface area (Å²) < 4.78 is 30.5. The fourth-order valence-electron chi connectivity index (χ4n) is 2.09. The van der Waals surface area contributed by atoms with E-state index >= 15 is 0 Å². The van der Waals surface area contributed by atoms with E-state index < -0.39 is 10.1 Å². The van der Waals surface area contributed by atoms with Gasteiger partial charge in [-0.2, -0.15) is 11.8 Å². The van der Waals surface area contributed by atoms with Crippen molar-refractivity contribution in [1.29, 1.82) is 0 Å². The van der Waals surface area contributed by atoms with E-state index in [0.717, 1.165) is 31.4 Å². The minimum Gasteiger partial charge on any atom is -0.748 e. The summed E-state index contributed by atoms with van der Waals surface area (Å²) in [7, 11) is -3.51. The van der Waals surface area contributed by atoms with Gasteiger partial charge in [-0.3, -0.25) is 4.79 Å². The molecule has 23 heavy (non-hydrogen) atoms. The van der Waals surface area contributed by atoms with Gasteiger partial charge >= 0.3 is 0 Å². The molecule has 0 bridgehead atoms. The molecule has 0 radical (unpaired) electrons. The third kappa shape index (κ3) is 16.9. The number of hydrogen-bond acceptors (Lipinski definition) is 5. The summed E-state index contributed by atoms with van der Waals surface area (Å²) in [4.78, 5) is 11.1. The van der Waals surface area contributed by atoms with Crippen LogP contribution in [0.25, 0.3) is 0 Å². The number of hydrogen-bond donors (Lipinski definition) is 0. The largest absolute Gasteiger partial charge is 0.748 e. The van der Waals surface area contributed by atoms with Gasteiger partial charge in [0.05, 0.1) is 10.1 Å². The number of carbonyl (C=O) groups is 1. The molecule has 0 spiro atoms. The molecule has 1 saturated heterocycles. The molecular weight excluding hydrogens is 352 g/mol. The second-order valence-electron chi connectivity index (χ2n) is 5.70. The van der Waals surface area contributed by atoms with E-state index in [-0.39, 0.29) is 5.75 Å². The Morgan fingerprint density at radius 3 is 2.13 bits per heavy atom. The molecule has 0 saturated carbocycles. The molecular formula is C16H32O4S3. The molecule has 0 aromatic carbocycles. The van der Waals surface area contributed by atoms with E-state index in [9.17, 15) is 17.8 Å². The quantitative estimate of drug-likeness (QED) is 0.328. The zero-order valence-corrected chi connectivity index (χ0v) is 17.0. The van der Waals surface area contributed by atoms with Crippen LogP contribution in [0, 0.1) is 0 Å². The van der Waals surface area contributed by atoms with Crippen molar-refractivity contribution < 1.29 is 17.8 Å². The molecule has 1 fully saturated rings. The Morgan fingerprint density at radius 1 is 1.04 bits per heavy atom. The lowest BCUT2D eigenvalue weighted by atomic mass is 10.1. The van der Waals surface area contributed by atoms with Gasteiger partial charge in [0.1, 0.15) is 11.5 Å². The molecule has 1 heterocycles. The van der Waals surface area contributed by atoms with Gasteiger partial charge in [-0.1, -0.05) is 46.0 Å². The van der Waals surface area contributed by atoms with Crippen LogP contribution in [0.2, 0.25) is 0 Å². The highest BCUT2D eigenvalue weighted by atomic mass is 32.2. The number of thioether (sulfide) groups is 1. The Labute approximate surface area is 149 Å². The van der Waals surface area contributed by atoms with Crippen molar-refractivity contribution in [1.82, 2.24) is 0 Å². The van der Waals surface area contributed by atoms with Gasteiger partial charge in [-0.25, -0.2) is 8.42 Å². The number of rotatable bonds is 10. The Morgan fingerprint density at radius 2 is 1.61 bits per heavy atom. The summed E-state index contributed by atoms with van der Waals surface area (Å²) in [5, 5.41) is 0. The van der Waals surface area contributed by atoms with Gasteiger partial charge in [0.25, 0.3) is 0 Å². The van der Waals surface area contributed by atoms with Crippen LogP contribution in [0.1, 0.15) is 58.8 Å². The number of Topliss-reactive ketones (excluding diaryl/α,β-unsaturated/α-hetero) is 1. The van der Waals surface area contributed by atoms with Crippen LogP contribution >= 0.6 is 11.8 Å². The van der Waals surface area contributed by atoms with E-state index in [4.69, 9.17) is 0 Å². The molecule has 138 valence electrons. The van der Waals surface area contributed by atoms with Crippen LogP contribution in [-0.4, -0.2) is 53.3 Å². The van der Waals surface area contributed by atoms with E-state index in [1.165, 1.54) is 35.9 Å². The lowest BCUT2D eigenvalue weighted by Gasteiger charge is -2.12. The monoisotopic (exact) mass is 384 g/mol. The van der Waals surface area contributed by atoms with E-state index in [0.29, 0.717) is 23.1 Å². The third-order valence-electron chi connectivity index (χ3n) is 3.54. The Balaban J connectivity index is 0.000000422. The van der Waals surface area contributed by atoms with E-state index in [1.807, 2.05) is 18.7 Å². The average molecular weight is 385 g/mol. The summed E-state index contributed by atoms with van der Waals surface area (Å²) in [6.07, 6.45) is 6.69. The van der Waals surface area contributed by atoms with E-state index in [2.05, 4.69) is 6.92 Å². The Kier molecular flexibility index (Phi) is 14.8. The lowest BCUT2D eigenvalue weighted by Crippen LogP contribution is -2.27. The van der Waals surface area contributed by atoms with Crippen LogP contribution in [0.5, 0.6) is 0 Å². The molecule has 0 amide bonds. The SMILES string of the molecule is CCC(=O)C[S+]1CCSCC1.CCCCCCCCS(=O)(=O)[O-]. The van der Waals surface area contributed by atoms with Crippen molar-refractivity contribution in [2.45, 2.75) is 58.8 Å². The van der Waals surface area contributed by atoms with Gasteiger partial charge in [-0.15, -0.1) is 0 Å². The zero-order valence-electron chi connectivity index (χ0n) is 14.6. The molecule has 7 heteroatoms. The van der Waals surface area contributed by atoms with Crippen molar-refractivity contribution in [2.75, 3.05) is 34.5 Å². The first kappa shape index (κ1) is 23.3. The molecule has 0 unspecified atom stereocenters. The van der Waals surface area contributed by atoms with Crippen LogP contribution < -0.4 is 0 Å². The highest BCUT2D eigenvalue weighted by Crippen LogP contribution is 2.13. The molecule has 0 N–H and O–H groups in total. The fourth-order valence-corrected chi connectivity index (χ4v) is 6.83. The van der Waals surface area contributed by atoms with Crippen molar-refractivity contribution in [2.24, 2.45) is 0 Å². The minimum atomic E-state index is -3.97. The average Bonchev–Trinajstić information content (AvgIpc) is 2.51. The van der Waals surface area contributed by atoms with Crippen LogP contribution in [0.4, 0.5) is 0 Å². The summed E-state index contributed by atoms with van der Waals surface area (Å²) in [6, 6.07) is 0. The van der Waals surface area contributed by atoms with Crippen LogP contribution in [-0.2, 0) is 25.8 Å². The first-order valence-electron chi connectivity index (χ1n) is 8.56. The molecule has 0 aliphatic carbocycles. The van der Waals surface area contributed by atoms with Crippen molar-refractivity contribution in [3.8, 4) is 0 Å². The predicted octanol–water partition coefficient (Wildman–Crippen LogP) is 3.22. The second kappa shape index (κ2) is 14.6. The Hall–Kier alpha value is 0.280. The predicted molar refractivity (Wildman–Crippen MR) is 103 cm³/mol. The first-order chi connectivity index (χ1) is 10.9. The molecule has 0 aromatic heterocycles. The zero-order chi connectivity index (χ0) is 17.6. The Bertz CT molecular complexity index is 390. The molecule has 1 aliphatic heterocycles. The summed E-state index contributed by atoms with van der Waals surface area (Å²) in [5.74, 6) is 6.27. The number of ketones is 1. The smallest absolute Gasteiger partial charge is 0.181 e. The maximum absolute atomic E-state index is 11.1. The van der Waals surface area contributed by atoms with Crippen LogP contribution in [0.3, 0.4) is 0 Å². The number of carbonyl (C=O) groups excluding carboxylic acids is 1. The highest BCUT2D eigenvalue weighted by molar-refractivity contribution is 8.05. The summed E-state index contributed by atoms with van der Waals surface area (Å²) >= 11 is 2.03. The van der Waals surface area contributed by atoms with Gasteiger partial charge < -0.3 is 4.55 Å². The van der Waals surface area contributed by atoms with Crippen LogP contribution in [0.15, 0.2) is 0 Å². The highest BCUT2D eigenvalue weighted by Gasteiger charge is 2.24. The topological polar surface area (TPSA) is 74.3 Å². The summed E-state index contributed by atoms with van der Waals surface area (Å²) in [5.41, 5.74) is 0. The molecule has 1 aliphatic rings. The standard InChI is InChI=1S/C8H18O3S.C8H15OS2/c1-2-3-4-5-6-7-8-12(9,10)11;1-2-8(9)7-11-5-3-10-4-6-11/h2-8H2,1H3,(H,9,10,11);2-7H2,1H3/q;+1/p-1. The molecule has 1 rings (SSSR count). The van der Waals surface area contributed by atoms with E-state index in [1.54, 1.807) is 0 Å². The normalized spacial score (nSPS) is 15.8. The van der Waals surface area contributed by atoms with Crippen molar-refractivity contribution >= 4 is 38.6 Å². The minimum absolute atomic E-state index is 0.195.